The van der Waals surface area contributed by atoms with E-state index in [1.165, 1.54) is 11.6 Å². The number of halogens is 1. The van der Waals surface area contributed by atoms with Crippen LogP contribution in [-0.2, 0) is 4.79 Å². The number of amides is 1. The van der Waals surface area contributed by atoms with Crippen molar-refractivity contribution in [2.75, 3.05) is 23.3 Å². The molecular formula is C22H27FN2O. The van der Waals surface area contributed by atoms with Crippen molar-refractivity contribution >= 4 is 17.3 Å². The molecule has 0 saturated carbocycles. The largest absolute Gasteiger partial charge is 0.369 e. The van der Waals surface area contributed by atoms with Crippen molar-refractivity contribution in [2.24, 2.45) is 5.92 Å². The Morgan fingerprint density at radius 1 is 1.15 bits per heavy atom. The van der Waals surface area contributed by atoms with E-state index >= 15 is 0 Å². The Morgan fingerprint density at radius 2 is 1.81 bits per heavy atom. The van der Waals surface area contributed by atoms with Crippen molar-refractivity contribution in [1.29, 1.82) is 0 Å². The first-order valence-electron chi connectivity index (χ1n) is 9.49. The fourth-order valence-corrected chi connectivity index (χ4v) is 3.59. The SMILES string of the molecule is CCC(C)c1ccccc1NC(=O)C1CCN(c2ccccc2F)CC1. The first-order valence-corrected chi connectivity index (χ1v) is 9.49. The predicted molar refractivity (Wildman–Crippen MR) is 105 cm³/mol. The molecule has 3 nitrogen and oxygen atoms in total. The molecule has 0 aromatic heterocycles. The van der Waals surface area contributed by atoms with Crippen molar-refractivity contribution < 1.29 is 9.18 Å². The minimum absolute atomic E-state index is 0.0250. The summed E-state index contributed by atoms with van der Waals surface area (Å²) in [6.07, 6.45) is 2.52. The first-order chi connectivity index (χ1) is 12.6. The summed E-state index contributed by atoms with van der Waals surface area (Å²) in [5.41, 5.74) is 2.74. The zero-order valence-electron chi connectivity index (χ0n) is 15.5. The van der Waals surface area contributed by atoms with Gasteiger partial charge in [-0.3, -0.25) is 4.79 Å². The maximum atomic E-state index is 14.0. The highest BCUT2D eigenvalue weighted by Crippen LogP contribution is 2.29. The summed E-state index contributed by atoms with van der Waals surface area (Å²) in [5.74, 6) is 0.268. The Morgan fingerprint density at radius 3 is 2.50 bits per heavy atom. The predicted octanol–water partition coefficient (Wildman–Crippen LogP) is 5.19. The van der Waals surface area contributed by atoms with E-state index in [1.54, 1.807) is 12.1 Å². The number of piperidine rings is 1. The molecule has 0 radical (unpaired) electrons. The van der Waals surface area contributed by atoms with Crippen LogP contribution in [0.4, 0.5) is 15.8 Å². The number of para-hydroxylation sites is 2. The lowest BCUT2D eigenvalue weighted by atomic mass is 9.94. The second-order valence-electron chi connectivity index (χ2n) is 7.10. The van der Waals surface area contributed by atoms with E-state index in [-0.39, 0.29) is 17.6 Å². The average molecular weight is 354 g/mol. The van der Waals surface area contributed by atoms with Gasteiger partial charge in [-0.05, 0) is 48.9 Å². The Bertz CT molecular complexity index is 753. The standard InChI is InChI=1S/C22H27FN2O/c1-3-16(2)18-8-4-6-10-20(18)24-22(26)17-12-14-25(15-13-17)21-11-7-5-9-19(21)23/h4-11,16-17H,3,12-15H2,1-2H3,(H,24,26). The van der Waals surface area contributed by atoms with Gasteiger partial charge < -0.3 is 10.2 Å². The third kappa shape index (κ3) is 4.06. The summed E-state index contributed by atoms with van der Waals surface area (Å²) in [6, 6.07) is 14.9. The summed E-state index contributed by atoms with van der Waals surface area (Å²) in [6.45, 7) is 5.73. The molecule has 26 heavy (non-hydrogen) atoms. The molecule has 2 aromatic carbocycles. The van der Waals surface area contributed by atoms with Crippen LogP contribution in [0.25, 0.3) is 0 Å². The minimum atomic E-state index is -0.196. The van der Waals surface area contributed by atoms with E-state index in [0.717, 1.165) is 24.9 Å². The number of nitrogens with zero attached hydrogens (tertiary/aromatic N) is 1. The molecule has 2 aromatic rings. The molecule has 138 valence electrons. The number of carbonyl (C=O) groups is 1. The van der Waals surface area contributed by atoms with Gasteiger partial charge in [-0.1, -0.05) is 44.2 Å². The lowest BCUT2D eigenvalue weighted by Gasteiger charge is -2.33. The maximum absolute atomic E-state index is 14.0. The van der Waals surface area contributed by atoms with E-state index < -0.39 is 0 Å². The van der Waals surface area contributed by atoms with Gasteiger partial charge in [0.2, 0.25) is 5.91 Å². The van der Waals surface area contributed by atoms with E-state index in [9.17, 15) is 9.18 Å². The van der Waals surface area contributed by atoms with Gasteiger partial charge in [0, 0.05) is 24.7 Å². The number of nitrogens with one attached hydrogen (secondary N) is 1. The molecule has 0 bridgehead atoms. The van der Waals surface area contributed by atoms with Crippen LogP contribution in [0.2, 0.25) is 0 Å². The molecule has 1 N–H and O–H groups in total. The molecule has 0 aliphatic carbocycles. The molecule has 4 heteroatoms. The molecule has 3 rings (SSSR count). The fraction of sp³-hybridized carbons (Fsp3) is 0.409. The number of rotatable bonds is 5. The quantitative estimate of drug-likeness (QED) is 0.801. The van der Waals surface area contributed by atoms with E-state index in [4.69, 9.17) is 0 Å². The minimum Gasteiger partial charge on any atom is -0.369 e. The average Bonchev–Trinajstić information content (AvgIpc) is 2.68. The maximum Gasteiger partial charge on any atom is 0.227 e. The summed E-state index contributed by atoms with van der Waals surface area (Å²) in [5, 5.41) is 3.13. The van der Waals surface area contributed by atoms with E-state index in [0.29, 0.717) is 24.7 Å². The topological polar surface area (TPSA) is 32.3 Å². The van der Waals surface area contributed by atoms with E-state index in [2.05, 4.69) is 25.2 Å². The van der Waals surface area contributed by atoms with Gasteiger partial charge in [-0.25, -0.2) is 4.39 Å². The molecule has 1 amide bonds. The number of anilines is 2. The molecule has 1 atom stereocenters. The van der Waals surface area contributed by atoms with Crippen molar-refractivity contribution in [1.82, 2.24) is 0 Å². The number of hydrogen-bond donors (Lipinski definition) is 1. The Kier molecular flexibility index (Phi) is 5.92. The normalized spacial score (nSPS) is 16.3. The van der Waals surface area contributed by atoms with Crippen molar-refractivity contribution in [3.05, 3.63) is 59.9 Å². The monoisotopic (exact) mass is 354 g/mol. The van der Waals surface area contributed by atoms with Crippen LogP contribution in [0.5, 0.6) is 0 Å². The van der Waals surface area contributed by atoms with Crippen LogP contribution in [-0.4, -0.2) is 19.0 Å². The van der Waals surface area contributed by atoms with Gasteiger partial charge in [0.1, 0.15) is 5.82 Å². The second-order valence-corrected chi connectivity index (χ2v) is 7.10. The van der Waals surface area contributed by atoms with Gasteiger partial charge in [-0.2, -0.15) is 0 Å². The smallest absolute Gasteiger partial charge is 0.227 e. The highest BCUT2D eigenvalue weighted by atomic mass is 19.1. The molecule has 1 aliphatic heterocycles. The summed E-state index contributed by atoms with van der Waals surface area (Å²) in [4.78, 5) is 14.8. The van der Waals surface area contributed by atoms with Crippen LogP contribution in [0.1, 0.15) is 44.6 Å². The Labute approximate surface area is 155 Å². The summed E-state index contributed by atoms with van der Waals surface area (Å²) < 4.78 is 14.0. The number of carbonyl (C=O) groups excluding carboxylic acids is 1. The molecule has 1 fully saturated rings. The zero-order valence-corrected chi connectivity index (χ0v) is 15.5. The molecular weight excluding hydrogens is 327 g/mol. The van der Waals surface area contributed by atoms with Crippen LogP contribution >= 0.6 is 0 Å². The Hall–Kier alpha value is -2.36. The van der Waals surface area contributed by atoms with Gasteiger partial charge in [0.25, 0.3) is 0 Å². The third-order valence-electron chi connectivity index (χ3n) is 5.42. The molecule has 1 aliphatic rings. The first kappa shape index (κ1) is 18.4. The van der Waals surface area contributed by atoms with Crippen LogP contribution in [0, 0.1) is 11.7 Å². The summed E-state index contributed by atoms with van der Waals surface area (Å²) in [7, 11) is 0. The van der Waals surface area contributed by atoms with Crippen LogP contribution in [0.15, 0.2) is 48.5 Å². The zero-order chi connectivity index (χ0) is 18.5. The van der Waals surface area contributed by atoms with Gasteiger partial charge >= 0.3 is 0 Å². The lowest BCUT2D eigenvalue weighted by Crippen LogP contribution is -2.38. The Balaban J connectivity index is 1.62. The molecule has 1 heterocycles. The van der Waals surface area contributed by atoms with Crippen LogP contribution in [0.3, 0.4) is 0 Å². The third-order valence-corrected chi connectivity index (χ3v) is 5.42. The van der Waals surface area contributed by atoms with Gasteiger partial charge in [0.15, 0.2) is 0 Å². The van der Waals surface area contributed by atoms with Crippen molar-refractivity contribution in [2.45, 2.75) is 39.0 Å². The van der Waals surface area contributed by atoms with Crippen molar-refractivity contribution in [3.8, 4) is 0 Å². The van der Waals surface area contributed by atoms with Gasteiger partial charge in [-0.15, -0.1) is 0 Å². The number of hydrogen-bond acceptors (Lipinski definition) is 2. The molecule has 1 saturated heterocycles. The second kappa shape index (κ2) is 8.35. The number of benzene rings is 2. The lowest BCUT2D eigenvalue weighted by molar-refractivity contribution is -0.120. The highest BCUT2D eigenvalue weighted by Gasteiger charge is 2.26. The van der Waals surface area contributed by atoms with Gasteiger partial charge in [0.05, 0.1) is 5.69 Å². The van der Waals surface area contributed by atoms with E-state index in [1.807, 2.05) is 29.2 Å². The van der Waals surface area contributed by atoms with Crippen LogP contribution < -0.4 is 10.2 Å². The van der Waals surface area contributed by atoms with Crippen molar-refractivity contribution in [3.63, 3.8) is 0 Å². The highest BCUT2D eigenvalue weighted by molar-refractivity contribution is 5.93. The summed E-state index contributed by atoms with van der Waals surface area (Å²) >= 11 is 0. The molecule has 0 spiro atoms. The fourth-order valence-electron chi connectivity index (χ4n) is 3.59. The molecule has 1 unspecified atom stereocenters.